The molecule has 0 spiro atoms. The average Bonchev–Trinajstić information content (AvgIpc) is 2.19. The topological polar surface area (TPSA) is 0 Å². The largest absolute Gasteiger partial charge is 0.116 e. The van der Waals surface area contributed by atoms with Gasteiger partial charge in [-0.1, -0.05) is 0 Å². The molecule has 0 amide bonds. The van der Waals surface area contributed by atoms with E-state index in [-0.39, 0.29) is 0 Å². The van der Waals surface area contributed by atoms with E-state index < -0.39 is 0 Å². The minimum atomic E-state index is 1.08. The van der Waals surface area contributed by atoms with Crippen LogP contribution in [0.15, 0.2) is 0 Å². The number of hydrogen-bond donors (Lipinski definition) is 0. The zero-order valence-electron chi connectivity index (χ0n) is 5.56. The quantitative estimate of drug-likeness (QED) is 0.396. The molecule has 0 aromatic rings. The molecule has 0 saturated heterocycles. The highest BCUT2D eigenvalue weighted by Crippen LogP contribution is 2.20. The molecule has 0 N–H and O–H groups in total. The Morgan fingerprint density at radius 2 is 2.00 bits per heavy atom. The molecule has 1 saturated carbocycles. The predicted octanol–water partition coefficient (Wildman–Crippen LogP) is 1.76. The molecule has 0 radical (unpaired) electrons. The monoisotopic (exact) mass is 131 g/mol. The second-order valence-corrected chi connectivity index (χ2v) is 4.16. The van der Waals surface area contributed by atoms with Crippen LogP contribution in [0.5, 0.6) is 0 Å². The van der Waals surface area contributed by atoms with Crippen LogP contribution in [0.25, 0.3) is 0 Å². The Balaban J connectivity index is 2.06. The predicted molar refractivity (Wildman–Crippen MR) is 41.6 cm³/mol. The maximum Gasteiger partial charge on any atom is 0.116 e. The smallest absolute Gasteiger partial charge is 0.0484 e. The van der Waals surface area contributed by atoms with E-state index >= 15 is 0 Å². The molecule has 0 atom stereocenters. The first-order valence-electron chi connectivity index (χ1n) is 3.60. The van der Waals surface area contributed by atoms with Crippen LogP contribution >= 0.6 is 0 Å². The molecule has 0 heterocycles. The Morgan fingerprint density at radius 1 is 1.38 bits per heavy atom. The molecule has 1 aliphatic carbocycles. The number of rotatable bonds is 2. The van der Waals surface area contributed by atoms with Crippen molar-refractivity contribution in [2.24, 2.45) is 0 Å². The van der Waals surface area contributed by atoms with Crippen molar-refractivity contribution in [3.05, 3.63) is 0 Å². The third-order valence-corrected chi connectivity index (χ3v) is 3.16. The van der Waals surface area contributed by atoms with Gasteiger partial charge in [0.15, 0.2) is 0 Å². The zero-order valence-corrected chi connectivity index (χ0v) is 6.45. The van der Waals surface area contributed by atoms with Gasteiger partial charge in [0.2, 0.25) is 0 Å². The Morgan fingerprint density at radius 3 is 2.50 bits per heavy atom. The Kier molecular flexibility index (Phi) is 2.74. The molecular formula is C7H15S+. The van der Waals surface area contributed by atoms with Crippen LogP contribution < -0.4 is 0 Å². The SMILES string of the molecule is CC[SH+]C1CCCC1. The summed E-state index contributed by atoms with van der Waals surface area (Å²) in [6.07, 6.45) is 6.01. The van der Waals surface area contributed by atoms with E-state index in [0.717, 1.165) is 5.25 Å². The number of hydrogen-bond acceptors (Lipinski definition) is 0. The summed E-state index contributed by atoms with van der Waals surface area (Å²) in [5.74, 6) is 1.37. The molecule has 0 aromatic carbocycles. The second-order valence-electron chi connectivity index (χ2n) is 2.44. The van der Waals surface area contributed by atoms with Crippen molar-refractivity contribution in [2.75, 3.05) is 5.75 Å². The van der Waals surface area contributed by atoms with Crippen molar-refractivity contribution in [1.82, 2.24) is 0 Å². The summed E-state index contributed by atoms with van der Waals surface area (Å²) in [5, 5.41) is 1.08. The second kappa shape index (κ2) is 3.39. The van der Waals surface area contributed by atoms with Gasteiger partial charge in [0, 0.05) is 0 Å². The Labute approximate surface area is 56.0 Å². The fourth-order valence-corrected chi connectivity index (χ4v) is 2.59. The van der Waals surface area contributed by atoms with Crippen LogP contribution in [0.3, 0.4) is 0 Å². The summed E-state index contributed by atoms with van der Waals surface area (Å²) >= 11 is 1.70. The number of thiol groups is 1. The van der Waals surface area contributed by atoms with Crippen LogP contribution in [-0.2, 0) is 11.8 Å². The van der Waals surface area contributed by atoms with Crippen molar-refractivity contribution in [3.63, 3.8) is 0 Å². The van der Waals surface area contributed by atoms with Gasteiger partial charge < -0.3 is 0 Å². The fraction of sp³-hybridized carbons (Fsp3) is 1.00. The lowest BCUT2D eigenvalue weighted by molar-refractivity contribution is 0.886. The average molecular weight is 131 g/mol. The Bertz CT molecular complexity index is 55.4. The van der Waals surface area contributed by atoms with Gasteiger partial charge in [0.25, 0.3) is 0 Å². The van der Waals surface area contributed by atoms with E-state index in [1.807, 2.05) is 0 Å². The molecule has 48 valence electrons. The van der Waals surface area contributed by atoms with E-state index in [1.165, 1.54) is 31.4 Å². The van der Waals surface area contributed by atoms with E-state index in [9.17, 15) is 0 Å². The first kappa shape index (κ1) is 6.47. The molecule has 0 unspecified atom stereocenters. The molecule has 0 aromatic heterocycles. The van der Waals surface area contributed by atoms with Gasteiger partial charge in [-0.05, 0) is 44.4 Å². The van der Waals surface area contributed by atoms with E-state index in [4.69, 9.17) is 0 Å². The maximum atomic E-state index is 2.28. The van der Waals surface area contributed by atoms with E-state index in [0.29, 0.717) is 0 Å². The molecule has 1 rings (SSSR count). The van der Waals surface area contributed by atoms with Crippen molar-refractivity contribution < 1.29 is 0 Å². The summed E-state index contributed by atoms with van der Waals surface area (Å²) in [4.78, 5) is 0. The minimum absolute atomic E-state index is 1.08. The fourth-order valence-electron chi connectivity index (χ4n) is 1.35. The van der Waals surface area contributed by atoms with Gasteiger partial charge >= 0.3 is 0 Å². The summed E-state index contributed by atoms with van der Waals surface area (Å²) < 4.78 is 0. The van der Waals surface area contributed by atoms with Gasteiger partial charge in [-0.2, -0.15) is 0 Å². The van der Waals surface area contributed by atoms with E-state index in [1.54, 1.807) is 11.8 Å². The maximum absolute atomic E-state index is 2.28. The molecular weight excluding hydrogens is 116 g/mol. The Hall–Kier alpha value is 0.350. The van der Waals surface area contributed by atoms with Crippen LogP contribution in [0.2, 0.25) is 0 Å². The van der Waals surface area contributed by atoms with Crippen LogP contribution in [0.1, 0.15) is 32.6 Å². The molecule has 8 heavy (non-hydrogen) atoms. The lowest BCUT2D eigenvalue weighted by Crippen LogP contribution is -2.04. The minimum Gasteiger partial charge on any atom is -0.0484 e. The lowest BCUT2D eigenvalue weighted by atomic mass is 10.4. The van der Waals surface area contributed by atoms with Crippen LogP contribution in [0.4, 0.5) is 0 Å². The summed E-state index contributed by atoms with van der Waals surface area (Å²) in [6.45, 7) is 2.28. The summed E-state index contributed by atoms with van der Waals surface area (Å²) in [7, 11) is 0. The van der Waals surface area contributed by atoms with Crippen LogP contribution in [-0.4, -0.2) is 11.0 Å². The van der Waals surface area contributed by atoms with E-state index in [2.05, 4.69) is 6.92 Å². The zero-order chi connectivity index (χ0) is 5.82. The molecule has 1 aliphatic rings. The van der Waals surface area contributed by atoms with Crippen molar-refractivity contribution in [2.45, 2.75) is 37.9 Å². The highest BCUT2D eigenvalue weighted by atomic mass is 32.2. The summed E-state index contributed by atoms with van der Waals surface area (Å²) in [5.41, 5.74) is 0. The standard InChI is InChI=1S/C7H14S/c1-2-8-7-5-3-4-6-7/h7H,2-6H2,1H3/p+1. The highest BCUT2D eigenvalue weighted by molar-refractivity contribution is 7.79. The first-order valence-corrected chi connectivity index (χ1v) is 4.75. The van der Waals surface area contributed by atoms with Gasteiger partial charge in [0.1, 0.15) is 11.0 Å². The third-order valence-electron chi connectivity index (χ3n) is 1.77. The van der Waals surface area contributed by atoms with Gasteiger partial charge in [0.05, 0.1) is 0 Å². The molecule has 1 fully saturated rings. The van der Waals surface area contributed by atoms with Gasteiger partial charge in [-0.3, -0.25) is 0 Å². The van der Waals surface area contributed by atoms with Crippen molar-refractivity contribution in [1.29, 1.82) is 0 Å². The highest BCUT2D eigenvalue weighted by Gasteiger charge is 2.19. The molecule has 0 aliphatic heterocycles. The molecule has 0 bridgehead atoms. The van der Waals surface area contributed by atoms with Crippen molar-refractivity contribution >= 4 is 11.8 Å². The normalized spacial score (nSPS) is 22.1. The van der Waals surface area contributed by atoms with Crippen LogP contribution in [0, 0.1) is 0 Å². The van der Waals surface area contributed by atoms with Gasteiger partial charge in [-0.25, -0.2) is 0 Å². The summed E-state index contributed by atoms with van der Waals surface area (Å²) in [6, 6.07) is 0. The van der Waals surface area contributed by atoms with Crippen molar-refractivity contribution in [3.8, 4) is 0 Å². The first-order chi connectivity index (χ1) is 3.93. The third kappa shape index (κ3) is 1.70. The molecule has 0 nitrogen and oxygen atoms in total. The lowest BCUT2D eigenvalue weighted by Gasteiger charge is -1.94. The van der Waals surface area contributed by atoms with Gasteiger partial charge in [-0.15, -0.1) is 0 Å². The molecule has 1 heteroatoms.